The number of amides is 1. The second-order valence-electron chi connectivity index (χ2n) is 5.49. The summed E-state index contributed by atoms with van der Waals surface area (Å²) < 4.78 is 12.1. The van der Waals surface area contributed by atoms with E-state index in [-0.39, 0.29) is 12.0 Å². The quantitative estimate of drug-likeness (QED) is 0.700. The van der Waals surface area contributed by atoms with Gasteiger partial charge in [0.15, 0.2) is 6.10 Å². The Morgan fingerprint density at radius 2 is 1.79 bits per heavy atom. The lowest BCUT2D eigenvalue weighted by Gasteiger charge is -2.18. The normalized spacial score (nSPS) is 11.9. The third kappa shape index (κ3) is 5.14. The van der Waals surface area contributed by atoms with E-state index in [1.165, 1.54) is 0 Å². The maximum absolute atomic E-state index is 12.4. The van der Waals surface area contributed by atoms with Crippen LogP contribution in [-0.2, 0) is 4.79 Å². The van der Waals surface area contributed by atoms with E-state index in [0.29, 0.717) is 26.7 Å². The van der Waals surface area contributed by atoms with E-state index >= 15 is 0 Å². The molecule has 0 heterocycles. The van der Waals surface area contributed by atoms with E-state index in [0.717, 1.165) is 0 Å². The molecule has 24 heavy (non-hydrogen) atoms. The number of para-hydroxylation sites is 2. The van der Waals surface area contributed by atoms with Crippen molar-refractivity contribution < 1.29 is 14.3 Å². The minimum absolute atomic E-state index is 0.0155. The van der Waals surface area contributed by atoms with Crippen LogP contribution in [0, 0.1) is 0 Å². The average Bonchev–Trinajstić information content (AvgIpc) is 2.51. The van der Waals surface area contributed by atoms with E-state index in [1.54, 1.807) is 31.2 Å². The number of halogens is 2. The Labute approximate surface area is 155 Å². The van der Waals surface area contributed by atoms with Crippen LogP contribution >= 0.6 is 27.5 Å². The summed E-state index contributed by atoms with van der Waals surface area (Å²) in [6, 6.07) is 12.4. The fourth-order valence-electron chi connectivity index (χ4n) is 1.98. The van der Waals surface area contributed by atoms with E-state index < -0.39 is 6.10 Å². The molecule has 0 fully saturated rings. The van der Waals surface area contributed by atoms with Crippen LogP contribution in [0.3, 0.4) is 0 Å². The Bertz CT molecular complexity index is 721. The van der Waals surface area contributed by atoms with Crippen LogP contribution in [0.2, 0.25) is 5.02 Å². The Hall–Kier alpha value is -1.72. The second-order valence-corrected chi connectivity index (χ2v) is 6.78. The van der Waals surface area contributed by atoms with Crippen molar-refractivity contribution in [1.82, 2.24) is 0 Å². The zero-order valence-electron chi connectivity index (χ0n) is 13.7. The molecule has 2 aromatic rings. The Kier molecular flexibility index (Phi) is 6.52. The molecule has 0 aliphatic carbocycles. The monoisotopic (exact) mass is 411 g/mol. The standard InChI is InChI=1S/C18H19BrClNO3/c1-11(2)23-17-7-5-4-6-15(17)21-18(22)12(3)24-16-9-8-13(20)10-14(16)19/h4-12H,1-3H3,(H,21,22). The molecule has 0 radical (unpaired) electrons. The molecule has 128 valence electrons. The first kappa shape index (κ1) is 18.6. The highest BCUT2D eigenvalue weighted by Crippen LogP contribution is 2.29. The summed E-state index contributed by atoms with van der Waals surface area (Å²) in [5.41, 5.74) is 0.613. The fourth-order valence-corrected chi connectivity index (χ4v) is 2.75. The highest BCUT2D eigenvalue weighted by Gasteiger charge is 2.18. The molecule has 0 aliphatic rings. The van der Waals surface area contributed by atoms with Crippen LogP contribution in [-0.4, -0.2) is 18.1 Å². The van der Waals surface area contributed by atoms with Gasteiger partial charge in [-0.05, 0) is 67.0 Å². The Balaban J connectivity index is 2.06. The van der Waals surface area contributed by atoms with Crippen molar-refractivity contribution in [3.63, 3.8) is 0 Å². The summed E-state index contributed by atoms with van der Waals surface area (Å²) in [5, 5.41) is 3.43. The van der Waals surface area contributed by atoms with Gasteiger partial charge in [0.05, 0.1) is 16.3 Å². The van der Waals surface area contributed by atoms with Gasteiger partial charge in [0.1, 0.15) is 11.5 Å². The van der Waals surface area contributed by atoms with Gasteiger partial charge >= 0.3 is 0 Å². The molecule has 0 bridgehead atoms. The molecule has 0 saturated heterocycles. The molecule has 0 spiro atoms. The molecule has 0 saturated carbocycles. The van der Waals surface area contributed by atoms with Gasteiger partial charge < -0.3 is 14.8 Å². The number of carbonyl (C=O) groups excluding carboxylic acids is 1. The summed E-state index contributed by atoms with van der Waals surface area (Å²) in [7, 11) is 0. The van der Waals surface area contributed by atoms with Gasteiger partial charge in [0.2, 0.25) is 0 Å². The van der Waals surface area contributed by atoms with Gasteiger partial charge in [-0.1, -0.05) is 23.7 Å². The molecule has 0 aromatic heterocycles. The molecular weight excluding hydrogens is 394 g/mol. The third-order valence-corrected chi connectivity index (χ3v) is 3.93. The van der Waals surface area contributed by atoms with Crippen molar-refractivity contribution in [1.29, 1.82) is 0 Å². The van der Waals surface area contributed by atoms with Gasteiger partial charge in [-0.25, -0.2) is 0 Å². The van der Waals surface area contributed by atoms with E-state index in [1.807, 2.05) is 32.0 Å². The first-order valence-electron chi connectivity index (χ1n) is 7.55. The average molecular weight is 413 g/mol. The van der Waals surface area contributed by atoms with Crippen molar-refractivity contribution in [2.75, 3.05) is 5.32 Å². The molecular formula is C18H19BrClNO3. The number of benzene rings is 2. The number of hydrogen-bond donors (Lipinski definition) is 1. The molecule has 1 atom stereocenters. The van der Waals surface area contributed by atoms with E-state index in [2.05, 4.69) is 21.2 Å². The number of ether oxygens (including phenoxy) is 2. The summed E-state index contributed by atoms with van der Waals surface area (Å²) >= 11 is 9.27. The number of nitrogens with one attached hydrogen (secondary N) is 1. The predicted octanol–water partition coefficient (Wildman–Crippen LogP) is 5.30. The molecule has 1 unspecified atom stereocenters. The lowest BCUT2D eigenvalue weighted by molar-refractivity contribution is -0.122. The maximum Gasteiger partial charge on any atom is 0.265 e. The van der Waals surface area contributed by atoms with E-state index in [4.69, 9.17) is 21.1 Å². The van der Waals surface area contributed by atoms with Crippen LogP contribution in [0.15, 0.2) is 46.9 Å². The lowest BCUT2D eigenvalue weighted by atomic mass is 10.2. The maximum atomic E-state index is 12.4. The zero-order chi connectivity index (χ0) is 17.7. The summed E-state index contributed by atoms with van der Waals surface area (Å²) in [6.07, 6.45) is -0.670. The Morgan fingerprint density at radius 1 is 1.08 bits per heavy atom. The molecule has 1 amide bonds. The van der Waals surface area contributed by atoms with Crippen molar-refractivity contribution in [3.05, 3.63) is 52.0 Å². The van der Waals surface area contributed by atoms with Crippen molar-refractivity contribution >= 4 is 39.1 Å². The van der Waals surface area contributed by atoms with Crippen LogP contribution in [0.25, 0.3) is 0 Å². The number of carbonyl (C=O) groups is 1. The smallest absolute Gasteiger partial charge is 0.265 e. The number of anilines is 1. The summed E-state index contributed by atoms with van der Waals surface area (Å²) in [4.78, 5) is 12.4. The molecule has 2 rings (SSSR count). The minimum Gasteiger partial charge on any atom is -0.489 e. The molecule has 6 heteroatoms. The minimum atomic E-state index is -0.686. The molecule has 0 aliphatic heterocycles. The largest absolute Gasteiger partial charge is 0.489 e. The molecule has 1 N–H and O–H groups in total. The number of hydrogen-bond acceptors (Lipinski definition) is 3. The van der Waals surface area contributed by atoms with Gasteiger partial charge in [-0.2, -0.15) is 0 Å². The first-order valence-corrected chi connectivity index (χ1v) is 8.72. The summed E-state index contributed by atoms with van der Waals surface area (Å²) in [5.74, 6) is 0.908. The van der Waals surface area contributed by atoms with Crippen molar-refractivity contribution in [2.45, 2.75) is 33.0 Å². The fraction of sp³-hybridized carbons (Fsp3) is 0.278. The second kappa shape index (κ2) is 8.40. The van der Waals surface area contributed by atoms with Gasteiger partial charge in [0.25, 0.3) is 5.91 Å². The van der Waals surface area contributed by atoms with Crippen LogP contribution in [0.1, 0.15) is 20.8 Å². The number of rotatable bonds is 6. The SMILES string of the molecule is CC(C)Oc1ccccc1NC(=O)C(C)Oc1ccc(Cl)cc1Br. The Morgan fingerprint density at radius 3 is 2.46 bits per heavy atom. The summed E-state index contributed by atoms with van der Waals surface area (Å²) in [6.45, 7) is 5.55. The van der Waals surface area contributed by atoms with Gasteiger partial charge in [-0.15, -0.1) is 0 Å². The third-order valence-electron chi connectivity index (χ3n) is 3.07. The van der Waals surface area contributed by atoms with Gasteiger partial charge in [-0.3, -0.25) is 4.79 Å². The van der Waals surface area contributed by atoms with Crippen molar-refractivity contribution in [3.8, 4) is 11.5 Å². The lowest BCUT2D eigenvalue weighted by Crippen LogP contribution is -2.30. The molecule has 2 aromatic carbocycles. The van der Waals surface area contributed by atoms with Crippen molar-refractivity contribution in [2.24, 2.45) is 0 Å². The van der Waals surface area contributed by atoms with Gasteiger partial charge in [0, 0.05) is 5.02 Å². The van der Waals surface area contributed by atoms with Crippen LogP contribution in [0.4, 0.5) is 5.69 Å². The highest BCUT2D eigenvalue weighted by atomic mass is 79.9. The van der Waals surface area contributed by atoms with Crippen LogP contribution in [0.5, 0.6) is 11.5 Å². The van der Waals surface area contributed by atoms with E-state index in [9.17, 15) is 4.79 Å². The first-order chi connectivity index (χ1) is 11.4. The zero-order valence-corrected chi connectivity index (χ0v) is 16.0. The van der Waals surface area contributed by atoms with Crippen LogP contribution < -0.4 is 14.8 Å². The topological polar surface area (TPSA) is 47.6 Å². The molecule has 4 nitrogen and oxygen atoms in total. The highest BCUT2D eigenvalue weighted by molar-refractivity contribution is 9.10. The predicted molar refractivity (Wildman–Crippen MR) is 100 cm³/mol.